The molecule has 1 aromatic carbocycles. The fraction of sp³-hybridized carbons (Fsp3) is 0.409. The van der Waals surface area contributed by atoms with Gasteiger partial charge in [-0.15, -0.1) is 34.2 Å². The van der Waals surface area contributed by atoms with Crippen LogP contribution in [0.4, 0.5) is 0 Å². The van der Waals surface area contributed by atoms with Crippen LogP contribution in [-0.2, 0) is 6.42 Å². The van der Waals surface area contributed by atoms with Crippen molar-refractivity contribution in [2.45, 2.75) is 25.3 Å². The average molecular weight is 519 g/mol. The molecule has 2 aromatic heterocycles. The molecule has 1 saturated heterocycles. The van der Waals surface area contributed by atoms with Crippen molar-refractivity contribution in [1.82, 2.24) is 30.1 Å². The maximum atomic E-state index is 4.39. The SMILES string of the molecule is CN=C(NCCc1nnc2ccccn12)NCC(c1ccccc1)N1CCCC1.I. The Kier molecular flexibility index (Phi) is 8.44. The highest BCUT2D eigenvalue weighted by Crippen LogP contribution is 2.24. The van der Waals surface area contributed by atoms with Crippen molar-refractivity contribution in [2.75, 3.05) is 33.2 Å². The summed E-state index contributed by atoms with van der Waals surface area (Å²) >= 11 is 0. The molecule has 0 spiro atoms. The average Bonchev–Trinajstić information content (AvgIpc) is 3.44. The van der Waals surface area contributed by atoms with Gasteiger partial charge in [0.15, 0.2) is 11.6 Å². The molecule has 1 atom stereocenters. The van der Waals surface area contributed by atoms with Gasteiger partial charge in [0.05, 0.1) is 6.04 Å². The summed E-state index contributed by atoms with van der Waals surface area (Å²) in [6, 6.07) is 17.0. The lowest BCUT2D eigenvalue weighted by Crippen LogP contribution is -2.43. The van der Waals surface area contributed by atoms with E-state index in [-0.39, 0.29) is 24.0 Å². The first kappa shape index (κ1) is 22.5. The third-order valence-electron chi connectivity index (χ3n) is 5.48. The molecular formula is C22H30IN7. The number of benzene rings is 1. The molecule has 2 N–H and O–H groups in total. The maximum Gasteiger partial charge on any atom is 0.191 e. The summed E-state index contributed by atoms with van der Waals surface area (Å²) in [5, 5.41) is 15.4. The van der Waals surface area contributed by atoms with E-state index in [2.05, 4.69) is 61.1 Å². The molecule has 3 aromatic rings. The van der Waals surface area contributed by atoms with E-state index in [4.69, 9.17) is 0 Å². The third kappa shape index (κ3) is 5.48. The van der Waals surface area contributed by atoms with Gasteiger partial charge in [-0.3, -0.25) is 14.3 Å². The number of hydrogen-bond acceptors (Lipinski definition) is 4. The lowest BCUT2D eigenvalue weighted by Gasteiger charge is -2.29. The van der Waals surface area contributed by atoms with Gasteiger partial charge in [-0.25, -0.2) is 0 Å². The molecule has 4 rings (SSSR count). The highest BCUT2D eigenvalue weighted by atomic mass is 127. The van der Waals surface area contributed by atoms with Crippen molar-refractivity contribution in [1.29, 1.82) is 0 Å². The van der Waals surface area contributed by atoms with E-state index in [1.165, 1.54) is 18.4 Å². The fourth-order valence-corrected chi connectivity index (χ4v) is 3.95. The van der Waals surface area contributed by atoms with Gasteiger partial charge in [0.25, 0.3) is 0 Å². The van der Waals surface area contributed by atoms with Crippen molar-refractivity contribution < 1.29 is 0 Å². The van der Waals surface area contributed by atoms with Crippen LogP contribution >= 0.6 is 24.0 Å². The van der Waals surface area contributed by atoms with E-state index >= 15 is 0 Å². The van der Waals surface area contributed by atoms with Gasteiger partial charge in [-0.05, 0) is 43.6 Å². The Bertz CT molecular complexity index is 935. The number of nitrogens with zero attached hydrogens (tertiary/aromatic N) is 5. The predicted molar refractivity (Wildman–Crippen MR) is 131 cm³/mol. The van der Waals surface area contributed by atoms with Crippen LogP contribution in [0.1, 0.15) is 30.3 Å². The van der Waals surface area contributed by atoms with Crippen molar-refractivity contribution in [3.63, 3.8) is 0 Å². The van der Waals surface area contributed by atoms with Crippen LogP contribution in [-0.4, -0.2) is 58.7 Å². The standard InChI is InChI=1S/C22H29N7.HI/c1-23-22(24-13-12-21-27-26-20-11-5-6-16-29(20)21)25-17-19(28-14-7-8-15-28)18-9-3-2-4-10-18;/h2-6,9-11,16,19H,7-8,12-15,17H2,1H3,(H2,23,24,25);1H. The number of aliphatic imine (C=N–C) groups is 1. The zero-order valence-electron chi connectivity index (χ0n) is 17.4. The molecule has 1 unspecified atom stereocenters. The molecule has 30 heavy (non-hydrogen) atoms. The van der Waals surface area contributed by atoms with E-state index in [1.54, 1.807) is 0 Å². The number of likely N-dealkylation sites (tertiary alicyclic amines) is 1. The van der Waals surface area contributed by atoms with Gasteiger partial charge < -0.3 is 10.6 Å². The Hall–Kier alpha value is -2.20. The Morgan fingerprint density at radius 1 is 1.03 bits per heavy atom. The molecule has 7 nitrogen and oxygen atoms in total. The quantitative estimate of drug-likeness (QED) is 0.286. The van der Waals surface area contributed by atoms with Crippen molar-refractivity contribution in [3.05, 3.63) is 66.1 Å². The van der Waals surface area contributed by atoms with Crippen LogP contribution in [0.15, 0.2) is 59.7 Å². The zero-order chi connectivity index (χ0) is 19.9. The Morgan fingerprint density at radius 3 is 2.57 bits per heavy atom. The largest absolute Gasteiger partial charge is 0.356 e. The Labute approximate surface area is 195 Å². The van der Waals surface area contributed by atoms with Gasteiger partial charge in [0.2, 0.25) is 0 Å². The second-order valence-corrected chi connectivity index (χ2v) is 7.34. The molecule has 1 fully saturated rings. The molecule has 0 amide bonds. The first-order valence-electron chi connectivity index (χ1n) is 10.4. The first-order valence-corrected chi connectivity index (χ1v) is 10.4. The van der Waals surface area contributed by atoms with E-state index in [1.807, 2.05) is 35.8 Å². The molecule has 0 bridgehead atoms. The minimum atomic E-state index is 0. The van der Waals surface area contributed by atoms with Crippen LogP contribution in [0.25, 0.3) is 5.65 Å². The molecule has 0 aliphatic carbocycles. The van der Waals surface area contributed by atoms with Gasteiger partial charge in [0, 0.05) is 32.8 Å². The molecular weight excluding hydrogens is 489 g/mol. The predicted octanol–water partition coefficient (Wildman–Crippen LogP) is 2.89. The highest BCUT2D eigenvalue weighted by Gasteiger charge is 2.23. The van der Waals surface area contributed by atoms with Gasteiger partial charge in [0.1, 0.15) is 5.82 Å². The Balaban J connectivity index is 0.00000256. The number of nitrogens with one attached hydrogen (secondary N) is 2. The highest BCUT2D eigenvalue weighted by molar-refractivity contribution is 14.0. The summed E-state index contributed by atoms with van der Waals surface area (Å²) in [5.74, 6) is 1.77. The second-order valence-electron chi connectivity index (χ2n) is 7.34. The molecule has 1 aliphatic heterocycles. The number of fused-ring (bicyclic) bond motifs is 1. The minimum absolute atomic E-state index is 0. The van der Waals surface area contributed by atoms with Crippen molar-refractivity contribution in [3.8, 4) is 0 Å². The van der Waals surface area contributed by atoms with Gasteiger partial charge in [-0.2, -0.15) is 0 Å². The van der Waals surface area contributed by atoms with E-state index in [0.29, 0.717) is 6.04 Å². The fourth-order valence-electron chi connectivity index (χ4n) is 3.95. The van der Waals surface area contributed by atoms with Crippen LogP contribution in [0.3, 0.4) is 0 Å². The number of rotatable bonds is 7. The Morgan fingerprint density at radius 2 is 1.80 bits per heavy atom. The minimum Gasteiger partial charge on any atom is -0.356 e. The van der Waals surface area contributed by atoms with Crippen LogP contribution < -0.4 is 10.6 Å². The molecule has 0 saturated carbocycles. The monoisotopic (exact) mass is 519 g/mol. The molecule has 1 aliphatic rings. The molecule has 0 radical (unpaired) electrons. The van der Waals surface area contributed by atoms with Crippen molar-refractivity contribution in [2.24, 2.45) is 4.99 Å². The smallest absolute Gasteiger partial charge is 0.191 e. The number of halogens is 1. The zero-order valence-corrected chi connectivity index (χ0v) is 19.7. The van der Waals surface area contributed by atoms with Gasteiger partial charge >= 0.3 is 0 Å². The topological polar surface area (TPSA) is 69.8 Å². The summed E-state index contributed by atoms with van der Waals surface area (Å²) in [7, 11) is 1.81. The second kappa shape index (κ2) is 11.3. The van der Waals surface area contributed by atoms with Crippen molar-refractivity contribution >= 4 is 35.6 Å². The van der Waals surface area contributed by atoms with E-state index < -0.39 is 0 Å². The summed E-state index contributed by atoms with van der Waals surface area (Å²) in [4.78, 5) is 6.96. The summed E-state index contributed by atoms with van der Waals surface area (Å²) in [6.07, 6.45) is 5.34. The third-order valence-corrected chi connectivity index (χ3v) is 5.48. The number of hydrogen-bond donors (Lipinski definition) is 2. The molecule has 8 heteroatoms. The van der Waals surface area contributed by atoms with E-state index in [9.17, 15) is 0 Å². The number of guanidine groups is 1. The van der Waals surface area contributed by atoms with Crippen LogP contribution in [0.2, 0.25) is 0 Å². The summed E-state index contributed by atoms with van der Waals surface area (Å²) < 4.78 is 2.02. The lowest BCUT2D eigenvalue weighted by molar-refractivity contribution is 0.245. The number of pyridine rings is 1. The lowest BCUT2D eigenvalue weighted by atomic mass is 10.1. The normalized spacial score (nSPS) is 15.7. The maximum absolute atomic E-state index is 4.39. The number of aromatic nitrogens is 3. The molecule has 3 heterocycles. The summed E-state index contributed by atoms with van der Waals surface area (Å²) in [6.45, 7) is 3.90. The summed E-state index contributed by atoms with van der Waals surface area (Å²) in [5.41, 5.74) is 2.23. The van der Waals surface area contributed by atoms with E-state index in [0.717, 1.165) is 50.0 Å². The van der Waals surface area contributed by atoms with Crippen LogP contribution in [0.5, 0.6) is 0 Å². The molecule has 160 valence electrons. The van der Waals surface area contributed by atoms with Gasteiger partial charge in [-0.1, -0.05) is 36.4 Å². The van der Waals surface area contributed by atoms with Crippen LogP contribution in [0, 0.1) is 0 Å². The first-order chi connectivity index (χ1) is 14.3.